The van der Waals surface area contributed by atoms with Gasteiger partial charge in [0.25, 0.3) is 0 Å². The number of carbonyl (C=O) groups excluding carboxylic acids is 3. The predicted octanol–water partition coefficient (Wildman–Crippen LogP) is 2.74. The van der Waals surface area contributed by atoms with Crippen molar-refractivity contribution in [3.8, 4) is 0 Å². The summed E-state index contributed by atoms with van der Waals surface area (Å²) in [6, 6.07) is 3.13. The van der Waals surface area contributed by atoms with Crippen molar-refractivity contribution in [1.29, 1.82) is 0 Å². The van der Waals surface area contributed by atoms with Crippen LogP contribution < -0.4 is 10.6 Å². The highest BCUT2D eigenvalue weighted by Crippen LogP contribution is 2.30. The first-order valence-corrected chi connectivity index (χ1v) is 14.1. The molecule has 2 aliphatic heterocycles. The molecule has 9 nitrogen and oxygen atoms in total. The average Bonchev–Trinajstić information content (AvgIpc) is 3.45. The average molecular weight is 515 g/mol. The topological polar surface area (TPSA) is 121 Å². The van der Waals surface area contributed by atoms with Crippen LogP contribution in [-0.2, 0) is 32.0 Å². The van der Waals surface area contributed by atoms with Gasteiger partial charge in [-0.15, -0.1) is 0 Å². The van der Waals surface area contributed by atoms with Gasteiger partial charge in [0.15, 0.2) is 6.04 Å². The molecule has 37 heavy (non-hydrogen) atoms. The van der Waals surface area contributed by atoms with E-state index < -0.39 is 17.6 Å². The SMILES string of the molecule is CCOC(=O)C(NC(=O)C1CCCC1)C1(O)CCN(C(=O)CCCCc2ccc3c(n2)NCCC3)CC1. The Morgan fingerprint density at radius 3 is 2.68 bits per heavy atom. The number of aliphatic hydroxyl groups is 1. The molecule has 3 heterocycles. The van der Waals surface area contributed by atoms with Gasteiger partial charge in [-0.05, 0) is 76.3 Å². The fourth-order valence-corrected chi connectivity index (χ4v) is 5.77. The van der Waals surface area contributed by atoms with E-state index in [0.717, 1.165) is 75.8 Å². The van der Waals surface area contributed by atoms with Gasteiger partial charge in [-0.2, -0.15) is 0 Å². The van der Waals surface area contributed by atoms with Gasteiger partial charge in [0.1, 0.15) is 5.82 Å². The number of anilines is 1. The quantitative estimate of drug-likeness (QED) is 0.324. The van der Waals surface area contributed by atoms with Gasteiger partial charge in [0.2, 0.25) is 11.8 Å². The van der Waals surface area contributed by atoms with Crippen LogP contribution in [0.4, 0.5) is 5.82 Å². The minimum absolute atomic E-state index is 0.0600. The molecular formula is C28H42N4O5. The number of hydrogen-bond acceptors (Lipinski definition) is 7. The second-order valence-electron chi connectivity index (χ2n) is 10.7. The van der Waals surface area contributed by atoms with Gasteiger partial charge in [-0.3, -0.25) is 9.59 Å². The predicted molar refractivity (Wildman–Crippen MR) is 140 cm³/mol. The highest BCUT2D eigenvalue weighted by Gasteiger charge is 2.46. The van der Waals surface area contributed by atoms with Gasteiger partial charge >= 0.3 is 5.97 Å². The van der Waals surface area contributed by atoms with E-state index in [1.165, 1.54) is 5.56 Å². The molecule has 1 unspecified atom stereocenters. The van der Waals surface area contributed by atoms with Crippen LogP contribution >= 0.6 is 0 Å². The maximum Gasteiger partial charge on any atom is 0.331 e. The third kappa shape index (κ3) is 7.00. The molecule has 0 radical (unpaired) electrons. The Hall–Kier alpha value is -2.68. The molecule has 3 aliphatic rings. The van der Waals surface area contributed by atoms with Crippen LogP contribution in [-0.4, -0.2) is 70.7 Å². The van der Waals surface area contributed by atoms with Crippen molar-refractivity contribution in [2.45, 2.75) is 95.6 Å². The van der Waals surface area contributed by atoms with E-state index in [0.29, 0.717) is 19.5 Å². The summed E-state index contributed by atoms with van der Waals surface area (Å²) < 4.78 is 5.19. The van der Waals surface area contributed by atoms with Gasteiger partial charge in [0, 0.05) is 37.7 Å². The Morgan fingerprint density at radius 2 is 1.95 bits per heavy atom. The molecule has 0 bridgehead atoms. The normalized spacial score (nSPS) is 20.0. The Labute approximate surface area is 219 Å². The standard InChI is InChI=1S/C28H42N4O5/c1-2-37-27(35)24(31-26(34)21-8-3-4-9-21)28(36)15-18-32(19-16-28)23(33)12-6-5-11-22-14-13-20-10-7-17-29-25(20)30-22/h13-14,21,24,36H,2-12,15-19H2,1H3,(H,29,30)(H,31,34). The summed E-state index contributed by atoms with van der Waals surface area (Å²) in [5, 5.41) is 17.5. The van der Waals surface area contributed by atoms with Crippen molar-refractivity contribution >= 4 is 23.6 Å². The summed E-state index contributed by atoms with van der Waals surface area (Å²) in [6.45, 7) is 3.55. The van der Waals surface area contributed by atoms with E-state index in [-0.39, 0.29) is 37.2 Å². The van der Waals surface area contributed by atoms with Crippen molar-refractivity contribution in [1.82, 2.24) is 15.2 Å². The third-order valence-electron chi connectivity index (χ3n) is 8.08. The lowest BCUT2D eigenvalue weighted by Crippen LogP contribution is -2.62. The Bertz CT molecular complexity index is 954. The van der Waals surface area contributed by atoms with Crippen LogP contribution in [0.2, 0.25) is 0 Å². The smallest absolute Gasteiger partial charge is 0.331 e. The fraction of sp³-hybridized carbons (Fsp3) is 0.714. The molecule has 0 aromatic carbocycles. The number of fused-ring (bicyclic) bond motifs is 1. The maximum atomic E-state index is 12.8. The van der Waals surface area contributed by atoms with Gasteiger partial charge in [0.05, 0.1) is 12.2 Å². The number of aromatic nitrogens is 1. The Balaban J connectivity index is 1.24. The van der Waals surface area contributed by atoms with E-state index in [4.69, 9.17) is 9.72 Å². The molecule has 9 heteroatoms. The van der Waals surface area contributed by atoms with E-state index >= 15 is 0 Å². The minimum Gasteiger partial charge on any atom is -0.464 e. The number of esters is 1. The van der Waals surface area contributed by atoms with Crippen LogP contribution in [0.1, 0.15) is 82.4 Å². The van der Waals surface area contributed by atoms with Crippen LogP contribution in [0.25, 0.3) is 0 Å². The van der Waals surface area contributed by atoms with E-state index in [9.17, 15) is 19.5 Å². The number of nitrogens with zero attached hydrogens (tertiary/aromatic N) is 2. The highest BCUT2D eigenvalue weighted by atomic mass is 16.5. The van der Waals surface area contributed by atoms with Crippen molar-refractivity contribution < 1.29 is 24.2 Å². The van der Waals surface area contributed by atoms with Gasteiger partial charge in [-0.1, -0.05) is 18.9 Å². The molecule has 1 saturated carbocycles. The van der Waals surface area contributed by atoms with Crippen molar-refractivity contribution in [3.05, 3.63) is 23.4 Å². The monoisotopic (exact) mass is 514 g/mol. The number of ether oxygens (including phenoxy) is 1. The molecule has 1 saturated heterocycles. The van der Waals surface area contributed by atoms with E-state index in [2.05, 4.69) is 22.8 Å². The molecule has 4 rings (SSSR count). The molecule has 1 aromatic heterocycles. The maximum absolute atomic E-state index is 12.8. The van der Waals surface area contributed by atoms with Gasteiger partial charge < -0.3 is 25.4 Å². The number of piperidine rings is 1. The first kappa shape index (κ1) is 27.4. The molecular weight excluding hydrogens is 472 g/mol. The van der Waals surface area contributed by atoms with E-state index in [1.54, 1.807) is 11.8 Å². The van der Waals surface area contributed by atoms with Gasteiger partial charge in [-0.25, -0.2) is 9.78 Å². The summed E-state index contributed by atoms with van der Waals surface area (Å²) in [6.07, 6.45) is 9.22. The highest BCUT2D eigenvalue weighted by molar-refractivity contribution is 5.87. The number of pyridine rings is 1. The van der Waals surface area contributed by atoms with Crippen LogP contribution in [0.5, 0.6) is 0 Å². The lowest BCUT2D eigenvalue weighted by molar-refractivity contribution is -0.160. The van der Waals surface area contributed by atoms with Crippen LogP contribution in [0, 0.1) is 5.92 Å². The molecule has 2 fully saturated rings. The minimum atomic E-state index is -1.43. The summed E-state index contributed by atoms with van der Waals surface area (Å²) in [4.78, 5) is 44.7. The lowest BCUT2D eigenvalue weighted by atomic mass is 9.83. The Morgan fingerprint density at radius 1 is 1.19 bits per heavy atom. The lowest BCUT2D eigenvalue weighted by Gasteiger charge is -2.42. The van der Waals surface area contributed by atoms with Crippen molar-refractivity contribution in [3.63, 3.8) is 0 Å². The number of nitrogens with one attached hydrogen (secondary N) is 2. The molecule has 1 aliphatic carbocycles. The third-order valence-corrected chi connectivity index (χ3v) is 8.08. The summed E-state index contributed by atoms with van der Waals surface area (Å²) in [5.41, 5.74) is 0.899. The molecule has 0 spiro atoms. The van der Waals surface area contributed by atoms with Crippen molar-refractivity contribution in [2.75, 3.05) is 31.6 Å². The first-order valence-electron chi connectivity index (χ1n) is 14.1. The zero-order valence-electron chi connectivity index (χ0n) is 22.1. The Kier molecular flexibility index (Phi) is 9.40. The molecule has 1 atom stereocenters. The number of amides is 2. The molecule has 2 amide bonds. The summed E-state index contributed by atoms with van der Waals surface area (Å²) >= 11 is 0. The zero-order chi connectivity index (χ0) is 26.3. The summed E-state index contributed by atoms with van der Waals surface area (Å²) in [7, 11) is 0. The second-order valence-corrected chi connectivity index (χ2v) is 10.7. The van der Waals surface area contributed by atoms with Crippen LogP contribution in [0.15, 0.2) is 12.1 Å². The molecule has 3 N–H and O–H groups in total. The van der Waals surface area contributed by atoms with E-state index in [1.807, 2.05) is 0 Å². The number of aryl methyl sites for hydroxylation is 2. The van der Waals surface area contributed by atoms with Crippen molar-refractivity contribution in [2.24, 2.45) is 5.92 Å². The molecule has 1 aromatic rings. The number of carbonyl (C=O) groups is 3. The largest absolute Gasteiger partial charge is 0.464 e. The fourth-order valence-electron chi connectivity index (χ4n) is 5.77. The number of hydrogen-bond donors (Lipinski definition) is 3. The summed E-state index contributed by atoms with van der Waals surface area (Å²) in [5.74, 6) is 0.148. The second kappa shape index (κ2) is 12.7. The number of unbranched alkanes of at least 4 members (excludes halogenated alkanes) is 1. The number of likely N-dealkylation sites (tertiary alicyclic amines) is 1. The zero-order valence-corrected chi connectivity index (χ0v) is 22.1. The molecule has 204 valence electrons. The number of rotatable bonds is 10. The first-order chi connectivity index (χ1) is 17.9. The van der Waals surface area contributed by atoms with Crippen LogP contribution in [0.3, 0.4) is 0 Å².